The molecule has 0 saturated heterocycles. The normalized spacial score (nSPS) is 27.9. The van der Waals surface area contributed by atoms with Crippen molar-refractivity contribution >= 4 is 33.6 Å². The van der Waals surface area contributed by atoms with E-state index in [1.165, 1.54) is 79.1 Å². The van der Waals surface area contributed by atoms with Crippen molar-refractivity contribution in [3.8, 4) is 0 Å². The number of rotatable bonds is 19. The van der Waals surface area contributed by atoms with E-state index in [9.17, 15) is 32.9 Å². The highest BCUT2D eigenvalue weighted by molar-refractivity contribution is 7.89. The number of amides is 3. The number of sulfonamides is 1. The second-order valence-electron chi connectivity index (χ2n) is 20.5. The predicted octanol–water partition coefficient (Wildman–Crippen LogP) is 8.92. The minimum Gasteiger partial charge on any atom is -0.444 e. The highest BCUT2D eigenvalue weighted by atomic mass is 32.2. The topological polar surface area (TPSA) is 177 Å². The first-order chi connectivity index (χ1) is 28.7. The molecule has 3 saturated carbocycles. The van der Waals surface area contributed by atoms with Gasteiger partial charge in [0.25, 0.3) is 5.69 Å². The molecule has 0 aromatic heterocycles. The average molecular weight is 870 g/mol. The standard InChI is InChI=1S/C47H75N5O8S/c1-32(2)13-11-14-33(3)37-19-20-38-36-18-17-34-31-35(21-25-46(34,7)39(36)22-26-47(37,38)8)51(61(58,59)41-16-10-9-15-40(41)52(56)57)30-12-27-48-42(53)23-28-49-43(54)24-29-50-44(55)60-45(4,5)6/h9-10,15-17,32-33,35-39H,11-14,18-31H2,1-8H3,(H,48,53)(H,49,54)(H,50,55)/t33?,35-,36?,37+,38?,39?,46-,47+/m0/s1. The first-order valence-corrected chi connectivity index (χ1v) is 24.6. The second-order valence-corrected chi connectivity index (χ2v) is 22.4. The van der Waals surface area contributed by atoms with Gasteiger partial charge in [-0.15, -0.1) is 0 Å². The largest absolute Gasteiger partial charge is 0.444 e. The fourth-order valence-electron chi connectivity index (χ4n) is 11.9. The number of fused-ring (bicyclic) bond motifs is 5. The zero-order valence-corrected chi connectivity index (χ0v) is 39.0. The van der Waals surface area contributed by atoms with Crippen LogP contribution in [0.2, 0.25) is 0 Å². The summed E-state index contributed by atoms with van der Waals surface area (Å²) in [6.45, 7) is 17.9. The molecule has 0 heterocycles. The van der Waals surface area contributed by atoms with Gasteiger partial charge in [0.15, 0.2) is 4.90 Å². The van der Waals surface area contributed by atoms with Crippen LogP contribution in [0.15, 0.2) is 40.8 Å². The Bertz CT molecular complexity index is 1860. The molecule has 3 amide bonds. The van der Waals surface area contributed by atoms with Gasteiger partial charge in [0.2, 0.25) is 21.8 Å². The molecular formula is C47H75N5O8S. The van der Waals surface area contributed by atoms with Crippen LogP contribution in [-0.4, -0.2) is 73.4 Å². The third-order valence-corrected chi connectivity index (χ3v) is 16.9. The Hall–Kier alpha value is -3.52. The molecule has 1 aromatic carbocycles. The van der Waals surface area contributed by atoms with Crippen molar-refractivity contribution in [2.24, 2.45) is 46.3 Å². The summed E-state index contributed by atoms with van der Waals surface area (Å²) in [7, 11) is -4.28. The Balaban J connectivity index is 1.21. The Kier molecular flexibility index (Phi) is 16.2. The van der Waals surface area contributed by atoms with Gasteiger partial charge < -0.3 is 20.7 Å². The van der Waals surface area contributed by atoms with Gasteiger partial charge in [-0.05, 0) is 131 Å². The number of hydrogen-bond acceptors (Lipinski definition) is 8. The zero-order chi connectivity index (χ0) is 44.8. The Labute approximate surface area is 365 Å². The minimum atomic E-state index is -4.28. The lowest BCUT2D eigenvalue weighted by atomic mass is 9.47. The number of nitro benzene ring substituents is 1. The first kappa shape index (κ1) is 48.5. The number of hydrogen-bond donors (Lipinski definition) is 3. The number of nitrogens with zero attached hydrogens (tertiary/aromatic N) is 2. The lowest BCUT2D eigenvalue weighted by molar-refractivity contribution is -0.387. The van der Waals surface area contributed by atoms with Crippen LogP contribution in [-0.2, 0) is 24.3 Å². The SMILES string of the molecule is CC(C)CCCC(C)[C@H]1CCC2C3CC=C4C[C@@H](N(CCCNC(=O)CCNC(=O)CCNC(=O)OC(C)(C)C)S(=O)(=O)c5ccccc5[N+](=O)[O-])CC[C@]4(C)C3CC[C@@]21C. The molecule has 4 unspecified atom stereocenters. The van der Waals surface area contributed by atoms with Crippen molar-refractivity contribution in [1.82, 2.24) is 20.3 Å². The number of carbonyl (C=O) groups excluding carboxylic acids is 3. The zero-order valence-electron chi connectivity index (χ0n) is 38.2. The number of benzene rings is 1. The Morgan fingerprint density at radius 3 is 2.25 bits per heavy atom. The average Bonchev–Trinajstić information content (AvgIpc) is 3.54. The summed E-state index contributed by atoms with van der Waals surface area (Å²) in [6, 6.07) is 5.19. The van der Waals surface area contributed by atoms with Crippen molar-refractivity contribution in [2.75, 3.05) is 26.2 Å². The third-order valence-electron chi connectivity index (χ3n) is 14.9. The van der Waals surface area contributed by atoms with Crippen LogP contribution in [0.5, 0.6) is 0 Å². The number of alkyl carbamates (subject to hydrolysis) is 1. The van der Waals surface area contributed by atoms with Crippen LogP contribution in [0.25, 0.3) is 0 Å². The smallest absolute Gasteiger partial charge is 0.407 e. The number of allylic oxidation sites excluding steroid dienone is 1. The molecule has 0 spiro atoms. The van der Waals surface area contributed by atoms with E-state index in [0.29, 0.717) is 42.4 Å². The van der Waals surface area contributed by atoms with E-state index >= 15 is 0 Å². The molecule has 0 bridgehead atoms. The van der Waals surface area contributed by atoms with E-state index in [1.807, 2.05) is 0 Å². The van der Waals surface area contributed by atoms with Gasteiger partial charge in [0.05, 0.1) is 4.92 Å². The number of para-hydroxylation sites is 1. The van der Waals surface area contributed by atoms with Gasteiger partial charge in [-0.2, -0.15) is 4.31 Å². The minimum absolute atomic E-state index is 0.00606. The van der Waals surface area contributed by atoms with E-state index in [-0.39, 0.29) is 67.2 Å². The molecule has 4 aliphatic carbocycles. The summed E-state index contributed by atoms with van der Waals surface area (Å²) >= 11 is 0. The van der Waals surface area contributed by atoms with Gasteiger partial charge in [-0.25, -0.2) is 13.2 Å². The van der Waals surface area contributed by atoms with Gasteiger partial charge in [0, 0.05) is 51.1 Å². The highest BCUT2D eigenvalue weighted by Crippen LogP contribution is 2.67. The lowest BCUT2D eigenvalue weighted by Crippen LogP contribution is -2.53. The molecule has 0 aliphatic heterocycles. The van der Waals surface area contributed by atoms with Crippen molar-refractivity contribution in [3.63, 3.8) is 0 Å². The highest BCUT2D eigenvalue weighted by Gasteiger charge is 2.59. The van der Waals surface area contributed by atoms with Crippen molar-refractivity contribution in [1.29, 1.82) is 0 Å². The number of ether oxygens (including phenoxy) is 1. The Morgan fingerprint density at radius 2 is 1.57 bits per heavy atom. The number of carbonyl (C=O) groups is 3. The van der Waals surface area contributed by atoms with Gasteiger partial charge >= 0.3 is 6.09 Å². The summed E-state index contributed by atoms with van der Waals surface area (Å²) in [4.78, 5) is 47.8. The van der Waals surface area contributed by atoms with E-state index < -0.39 is 32.3 Å². The molecule has 1 aromatic rings. The summed E-state index contributed by atoms with van der Waals surface area (Å²) in [5.74, 6) is 3.57. The number of nitrogens with one attached hydrogen (secondary N) is 3. The van der Waals surface area contributed by atoms with Gasteiger partial charge in [0.1, 0.15) is 5.60 Å². The third kappa shape index (κ3) is 11.7. The molecule has 3 fully saturated rings. The monoisotopic (exact) mass is 870 g/mol. The van der Waals surface area contributed by atoms with Crippen molar-refractivity contribution in [2.45, 2.75) is 162 Å². The predicted molar refractivity (Wildman–Crippen MR) is 238 cm³/mol. The summed E-state index contributed by atoms with van der Waals surface area (Å²) < 4.78 is 35.7. The van der Waals surface area contributed by atoms with E-state index in [4.69, 9.17) is 4.74 Å². The Morgan fingerprint density at radius 1 is 0.902 bits per heavy atom. The van der Waals surface area contributed by atoms with Crippen LogP contribution < -0.4 is 16.0 Å². The van der Waals surface area contributed by atoms with E-state index in [0.717, 1.165) is 30.6 Å². The van der Waals surface area contributed by atoms with Crippen LogP contribution in [0.3, 0.4) is 0 Å². The summed E-state index contributed by atoms with van der Waals surface area (Å²) in [5, 5.41) is 20.1. The maximum absolute atomic E-state index is 14.5. The molecule has 3 N–H and O–H groups in total. The molecule has 8 atom stereocenters. The van der Waals surface area contributed by atoms with E-state index in [1.54, 1.807) is 20.8 Å². The summed E-state index contributed by atoms with van der Waals surface area (Å²) in [5.41, 5.74) is 0.612. The maximum Gasteiger partial charge on any atom is 0.407 e. The van der Waals surface area contributed by atoms with Gasteiger partial charge in [-0.1, -0.05) is 77.7 Å². The van der Waals surface area contributed by atoms with Crippen LogP contribution in [0, 0.1) is 56.5 Å². The van der Waals surface area contributed by atoms with Crippen molar-refractivity contribution in [3.05, 3.63) is 46.0 Å². The molecular weight excluding hydrogens is 795 g/mol. The number of nitro groups is 1. The second kappa shape index (κ2) is 20.3. The molecule has 14 heteroatoms. The molecule has 4 aliphatic rings. The van der Waals surface area contributed by atoms with Crippen LogP contribution in [0.1, 0.15) is 145 Å². The van der Waals surface area contributed by atoms with Crippen LogP contribution in [0.4, 0.5) is 10.5 Å². The van der Waals surface area contributed by atoms with Crippen LogP contribution >= 0.6 is 0 Å². The first-order valence-electron chi connectivity index (χ1n) is 23.1. The molecule has 61 heavy (non-hydrogen) atoms. The molecule has 13 nitrogen and oxygen atoms in total. The van der Waals surface area contributed by atoms with Gasteiger partial charge in [-0.3, -0.25) is 19.7 Å². The maximum atomic E-state index is 14.5. The molecule has 342 valence electrons. The molecule has 5 rings (SSSR count). The molecule has 0 radical (unpaired) electrons. The lowest BCUT2D eigenvalue weighted by Gasteiger charge is -2.59. The van der Waals surface area contributed by atoms with E-state index in [2.05, 4.69) is 56.6 Å². The summed E-state index contributed by atoms with van der Waals surface area (Å²) in [6.07, 6.45) is 14.4. The quantitative estimate of drug-likeness (QED) is 0.0534. The fourth-order valence-corrected chi connectivity index (χ4v) is 13.8. The van der Waals surface area contributed by atoms with Crippen molar-refractivity contribution < 1.29 is 32.5 Å². The fraction of sp³-hybridized carbons (Fsp3) is 0.766.